The zero-order valence-electron chi connectivity index (χ0n) is 15.4. The molecule has 0 saturated heterocycles. The Bertz CT molecular complexity index is 1100. The number of hydrogen-bond acceptors (Lipinski definition) is 7. The third kappa shape index (κ3) is 3.59. The van der Waals surface area contributed by atoms with Crippen LogP contribution in [0.2, 0.25) is 0 Å². The fraction of sp³-hybridized carbons (Fsp3) is 0.190. The van der Waals surface area contributed by atoms with E-state index in [9.17, 15) is 4.79 Å². The molecule has 7 heteroatoms. The van der Waals surface area contributed by atoms with E-state index in [4.69, 9.17) is 18.4 Å². The fourth-order valence-electron chi connectivity index (χ4n) is 2.82. The Hall–Kier alpha value is -3.61. The highest BCUT2D eigenvalue weighted by molar-refractivity contribution is 5.96. The minimum absolute atomic E-state index is 0.0974. The van der Waals surface area contributed by atoms with Gasteiger partial charge in [-0.25, -0.2) is 4.79 Å². The Kier molecular flexibility index (Phi) is 4.80. The number of aryl methyl sites for hydroxylation is 1. The Morgan fingerprint density at radius 1 is 1.11 bits per heavy atom. The Labute approximate surface area is 160 Å². The molecule has 1 atom stereocenters. The second-order valence-electron chi connectivity index (χ2n) is 6.23. The molecule has 0 aliphatic carbocycles. The van der Waals surface area contributed by atoms with Crippen LogP contribution >= 0.6 is 0 Å². The lowest BCUT2D eigenvalue weighted by Gasteiger charge is -2.09. The van der Waals surface area contributed by atoms with Gasteiger partial charge in [0.05, 0.1) is 5.56 Å². The van der Waals surface area contributed by atoms with Crippen LogP contribution in [-0.2, 0) is 11.3 Å². The van der Waals surface area contributed by atoms with Crippen LogP contribution in [0.3, 0.4) is 0 Å². The zero-order chi connectivity index (χ0) is 19.5. The van der Waals surface area contributed by atoms with Crippen molar-refractivity contribution in [3.63, 3.8) is 0 Å². The largest absolute Gasteiger partial charge is 0.489 e. The molecule has 0 saturated carbocycles. The van der Waals surface area contributed by atoms with Gasteiger partial charge in [-0.3, -0.25) is 0 Å². The van der Waals surface area contributed by atoms with Crippen molar-refractivity contribution in [1.29, 1.82) is 0 Å². The van der Waals surface area contributed by atoms with Gasteiger partial charge in [-0.1, -0.05) is 41.6 Å². The maximum Gasteiger partial charge on any atom is 0.375 e. The predicted molar refractivity (Wildman–Crippen MR) is 99.9 cm³/mol. The molecule has 1 unspecified atom stereocenters. The topological polar surface area (TPSA) is 87.6 Å². The summed E-state index contributed by atoms with van der Waals surface area (Å²) in [5.74, 6) is 0.871. The molecule has 142 valence electrons. The summed E-state index contributed by atoms with van der Waals surface area (Å²) >= 11 is 0. The van der Waals surface area contributed by atoms with Crippen LogP contribution < -0.4 is 4.74 Å². The number of hydrogen-bond donors (Lipinski definition) is 0. The van der Waals surface area contributed by atoms with Crippen molar-refractivity contribution in [1.82, 2.24) is 10.1 Å². The van der Waals surface area contributed by atoms with Gasteiger partial charge in [0, 0.05) is 5.39 Å². The van der Waals surface area contributed by atoms with Crippen LogP contribution in [0.5, 0.6) is 5.75 Å². The number of para-hydroxylation sites is 2. The molecule has 7 nitrogen and oxygen atoms in total. The second-order valence-corrected chi connectivity index (χ2v) is 6.23. The lowest BCUT2D eigenvalue weighted by molar-refractivity contribution is 0.0229. The SMILES string of the molecule is Cc1noc(C(C)OC(=O)c2oc3ccccc3c2COc2ccccc2)n1. The van der Waals surface area contributed by atoms with E-state index in [1.165, 1.54) is 0 Å². The van der Waals surface area contributed by atoms with E-state index < -0.39 is 12.1 Å². The number of benzene rings is 2. The summed E-state index contributed by atoms with van der Waals surface area (Å²) in [7, 11) is 0. The molecule has 2 aromatic heterocycles. The molecule has 4 aromatic rings. The summed E-state index contributed by atoms with van der Waals surface area (Å²) in [6, 6.07) is 16.8. The first-order chi connectivity index (χ1) is 13.6. The van der Waals surface area contributed by atoms with E-state index in [0.29, 0.717) is 22.7 Å². The van der Waals surface area contributed by atoms with Gasteiger partial charge in [-0.15, -0.1) is 0 Å². The minimum atomic E-state index is -0.704. The molecule has 4 rings (SSSR count). The van der Waals surface area contributed by atoms with Crippen LogP contribution in [0.15, 0.2) is 63.5 Å². The molecular weight excluding hydrogens is 360 g/mol. The lowest BCUT2D eigenvalue weighted by atomic mass is 10.1. The number of furan rings is 1. The van der Waals surface area contributed by atoms with Gasteiger partial charge in [0.25, 0.3) is 5.89 Å². The quantitative estimate of drug-likeness (QED) is 0.452. The number of aromatic nitrogens is 2. The molecule has 28 heavy (non-hydrogen) atoms. The standard InChI is InChI=1S/C21H18N2O5/c1-13(20-22-14(2)23-28-20)26-21(24)19-17(12-25-15-8-4-3-5-9-15)16-10-6-7-11-18(16)27-19/h3-11,13H,12H2,1-2H3. The van der Waals surface area contributed by atoms with Crippen molar-refractivity contribution in [2.24, 2.45) is 0 Å². The molecule has 0 spiro atoms. The molecule has 0 radical (unpaired) electrons. The molecule has 2 heterocycles. The zero-order valence-corrected chi connectivity index (χ0v) is 15.4. The van der Waals surface area contributed by atoms with Crippen molar-refractivity contribution in [3.8, 4) is 5.75 Å². The van der Waals surface area contributed by atoms with E-state index in [1.54, 1.807) is 19.9 Å². The molecular formula is C21H18N2O5. The molecule has 2 aromatic carbocycles. The molecule has 0 N–H and O–H groups in total. The summed E-state index contributed by atoms with van der Waals surface area (Å²) < 4.78 is 22.1. The first kappa shape index (κ1) is 17.8. The van der Waals surface area contributed by atoms with Gasteiger partial charge in [0.15, 0.2) is 11.9 Å². The smallest absolute Gasteiger partial charge is 0.375 e. The molecule has 0 aliphatic heterocycles. The van der Waals surface area contributed by atoms with E-state index >= 15 is 0 Å². The number of carbonyl (C=O) groups excluding carboxylic acids is 1. The number of rotatable bonds is 6. The van der Waals surface area contributed by atoms with Crippen molar-refractivity contribution in [2.75, 3.05) is 0 Å². The summed E-state index contributed by atoms with van der Waals surface area (Å²) in [5.41, 5.74) is 1.21. The summed E-state index contributed by atoms with van der Waals surface area (Å²) in [6.07, 6.45) is -0.704. The van der Waals surface area contributed by atoms with E-state index in [-0.39, 0.29) is 18.3 Å². The maximum absolute atomic E-state index is 12.8. The van der Waals surface area contributed by atoms with Gasteiger partial charge < -0.3 is 18.4 Å². The summed E-state index contributed by atoms with van der Waals surface area (Å²) in [6.45, 7) is 3.52. The average Bonchev–Trinajstić information content (AvgIpc) is 3.31. The second kappa shape index (κ2) is 7.56. The monoisotopic (exact) mass is 378 g/mol. The molecule has 0 bridgehead atoms. The third-order valence-electron chi connectivity index (χ3n) is 4.18. The van der Waals surface area contributed by atoms with Gasteiger partial charge >= 0.3 is 5.97 Å². The lowest BCUT2D eigenvalue weighted by Crippen LogP contribution is -2.11. The first-order valence-corrected chi connectivity index (χ1v) is 8.81. The van der Waals surface area contributed by atoms with Crippen LogP contribution in [0.25, 0.3) is 11.0 Å². The Balaban J connectivity index is 1.61. The summed E-state index contributed by atoms with van der Waals surface area (Å²) in [5, 5.41) is 4.51. The van der Waals surface area contributed by atoms with Crippen LogP contribution in [0, 0.1) is 6.92 Å². The number of fused-ring (bicyclic) bond motifs is 1. The van der Waals surface area contributed by atoms with Crippen LogP contribution in [0.4, 0.5) is 0 Å². The van der Waals surface area contributed by atoms with Crippen LogP contribution in [0.1, 0.15) is 40.9 Å². The van der Waals surface area contributed by atoms with Gasteiger partial charge in [0.2, 0.25) is 5.76 Å². The summed E-state index contributed by atoms with van der Waals surface area (Å²) in [4.78, 5) is 16.9. The molecule has 0 fully saturated rings. The predicted octanol–water partition coefficient (Wildman–Crippen LogP) is 4.62. The highest BCUT2D eigenvalue weighted by Crippen LogP contribution is 2.29. The first-order valence-electron chi connectivity index (χ1n) is 8.81. The number of carbonyl (C=O) groups is 1. The minimum Gasteiger partial charge on any atom is -0.489 e. The van der Waals surface area contributed by atoms with Gasteiger partial charge in [-0.2, -0.15) is 4.98 Å². The number of esters is 1. The molecule has 0 aliphatic rings. The highest BCUT2D eigenvalue weighted by Gasteiger charge is 2.26. The highest BCUT2D eigenvalue weighted by atomic mass is 16.6. The van der Waals surface area contributed by atoms with Crippen molar-refractivity contribution in [3.05, 3.63) is 77.6 Å². The Morgan fingerprint density at radius 2 is 1.86 bits per heavy atom. The van der Waals surface area contributed by atoms with E-state index in [1.807, 2.05) is 48.5 Å². The Morgan fingerprint density at radius 3 is 2.61 bits per heavy atom. The average molecular weight is 378 g/mol. The normalized spacial score (nSPS) is 12.1. The number of nitrogens with zero attached hydrogens (tertiary/aromatic N) is 2. The maximum atomic E-state index is 12.8. The van der Waals surface area contributed by atoms with Crippen LogP contribution in [-0.4, -0.2) is 16.1 Å². The van der Waals surface area contributed by atoms with Gasteiger partial charge in [0.1, 0.15) is 17.9 Å². The van der Waals surface area contributed by atoms with Crippen molar-refractivity contribution >= 4 is 16.9 Å². The van der Waals surface area contributed by atoms with Crippen molar-refractivity contribution < 1.29 is 23.2 Å². The van der Waals surface area contributed by atoms with E-state index in [2.05, 4.69) is 10.1 Å². The third-order valence-corrected chi connectivity index (χ3v) is 4.18. The fourth-order valence-corrected chi connectivity index (χ4v) is 2.82. The van der Waals surface area contributed by atoms with Gasteiger partial charge in [-0.05, 0) is 32.0 Å². The molecule has 0 amide bonds. The number of ether oxygens (including phenoxy) is 2. The van der Waals surface area contributed by atoms with Crippen molar-refractivity contribution in [2.45, 2.75) is 26.6 Å². The van der Waals surface area contributed by atoms with E-state index in [0.717, 1.165) is 5.39 Å².